The van der Waals surface area contributed by atoms with Crippen LogP contribution >= 0.6 is 0 Å². The molecule has 3 rings (SSSR count). The highest BCUT2D eigenvalue weighted by atomic mass is 16.5. The fourth-order valence-corrected chi connectivity index (χ4v) is 1.47. The molecule has 0 amide bonds. The van der Waals surface area contributed by atoms with Crippen molar-refractivity contribution in [2.45, 2.75) is 0 Å². The van der Waals surface area contributed by atoms with E-state index in [2.05, 4.69) is 14.7 Å². The Hall–Kier alpha value is -2.30. The van der Waals surface area contributed by atoms with Crippen molar-refractivity contribution in [2.75, 3.05) is 5.73 Å². The Kier molecular flexibility index (Phi) is 1.53. The second-order valence-electron chi connectivity index (χ2n) is 3.12. The molecule has 74 valence electrons. The van der Waals surface area contributed by atoms with Gasteiger partial charge in [-0.25, -0.2) is 0 Å². The summed E-state index contributed by atoms with van der Waals surface area (Å²) in [7, 11) is 0. The molecule has 2 aromatic heterocycles. The Morgan fingerprint density at radius 2 is 2.20 bits per heavy atom. The molecule has 5 nitrogen and oxygen atoms in total. The summed E-state index contributed by atoms with van der Waals surface area (Å²) in [5.41, 5.74) is 7.19. The number of hydrogen-bond acceptors (Lipinski definition) is 5. The van der Waals surface area contributed by atoms with Gasteiger partial charge in [-0.2, -0.15) is 4.98 Å². The molecule has 0 saturated carbocycles. The van der Waals surface area contributed by atoms with Crippen molar-refractivity contribution in [1.82, 2.24) is 10.1 Å². The van der Waals surface area contributed by atoms with Crippen LogP contribution in [0.15, 0.2) is 39.6 Å². The van der Waals surface area contributed by atoms with Crippen molar-refractivity contribution in [3.63, 3.8) is 0 Å². The maximum atomic E-state index is 5.80. The topological polar surface area (TPSA) is 78.1 Å². The van der Waals surface area contributed by atoms with Gasteiger partial charge < -0.3 is 14.7 Å². The van der Waals surface area contributed by atoms with Gasteiger partial charge in [0.1, 0.15) is 5.58 Å². The predicted octanol–water partition coefficient (Wildman–Crippen LogP) is 2.06. The largest absolute Gasteiger partial charge is 0.453 e. The second-order valence-corrected chi connectivity index (χ2v) is 3.12. The number of aromatic nitrogens is 2. The molecule has 0 aliphatic heterocycles. The summed E-state index contributed by atoms with van der Waals surface area (Å²) in [5, 5.41) is 4.55. The first-order valence-electron chi connectivity index (χ1n) is 4.39. The summed E-state index contributed by atoms with van der Waals surface area (Å²) < 4.78 is 10.2. The van der Waals surface area contributed by atoms with E-state index in [1.165, 1.54) is 6.39 Å². The Bertz CT molecular complexity index is 598. The molecule has 1 aromatic carbocycles. The van der Waals surface area contributed by atoms with Gasteiger partial charge in [0, 0.05) is 11.1 Å². The number of hydrogen-bond donors (Lipinski definition) is 1. The molecule has 0 fully saturated rings. The van der Waals surface area contributed by atoms with Gasteiger partial charge in [-0.3, -0.25) is 0 Å². The van der Waals surface area contributed by atoms with Crippen LogP contribution in [0.1, 0.15) is 0 Å². The highest BCUT2D eigenvalue weighted by Crippen LogP contribution is 2.28. The molecule has 3 aromatic rings. The summed E-state index contributed by atoms with van der Waals surface area (Å²) in [6, 6.07) is 7.30. The van der Waals surface area contributed by atoms with Crippen LogP contribution in [-0.2, 0) is 0 Å². The van der Waals surface area contributed by atoms with E-state index in [-0.39, 0.29) is 0 Å². The minimum Gasteiger partial charge on any atom is -0.453 e. The third kappa shape index (κ3) is 1.17. The lowest BCUT2D eigenvalue weighted by Crippen LogP contribution is -1.82. The molecule has 0 atom stereocenters. The van der Waals surface area contributed by atoms with Crippen LogP contribution in [-0.4, -0.2) is 10.1 Å². The number of anilines is 1. The quantitative estimate of drug-likeness (QED) is 0.609. The smallest absolute Gasteiger partial charge is 0.237 e. The van der Waals surface area contributed by atoms with Crippen LogP contribution in [0.2, 0.25) is 0 Å². The standard InChI is InChI=1S/C10H7N3O2/c11-7-2-1-3-8-6(7)4-9(15-8)10-12-5-14-13-10/h1-5H,11H2. The number of benzene rings is 1. The van der Waals surface area contributed by atoms with Crippen molar-refractivity contribution in [1.29, 1.82) is 0 Å². The molecule has 5 heteroatoms. The zero-order valence-corrected chi connectivity index (χ0v) is 7.68. The van der Waals surface area contributed by atoms with E-state index in [4.69, 9.17) is 10.2 Å². The second kappa shape index (κ2) is 2.84. The number of nitrogens with zero attached hydrogens (tertiary/aromatic N) is 2. The maximum Gasteiger partial charge on any atom is 0.237 e. The first-order valence-corrected chi connectivity index (χ1v) is 4.39. The van der Waals surface area contributed by atoms with Crippen molar-refractivity contribution in [3.05, 3.63) is 30.7 Å². The summed E-state index contributed by atoms with van der Waals surface area (Å²) in [4.78, 5) is 3.90. The molecule has 15 heavy (non-hydrogen) atoms. The van der Waals surface area contributed by atoms with E-state index in [0.717, 1.165) is 11.0 Å². The Morgan fingerprint density at radius 1 is 1.27 bits per heavy atom. The van der Waals surface area contributed by atoms with Crippen molar-refractivity contribution >= 4 is 16.7 Å². The van der Waals surface area contributed by atoms with Crippen molar-refractivity contribution in [2.24, 2.45) is 0 Å². The first-order chi connectivity index (χ1) is 7.34. The predicted molar refractivity (Wildman–Crippen MR) is 53.9 cm³/mol. The SMILES string of the molecule is Nc1cccc2oc(-c3ncon3)cc12. The third-order valence-corrected chi connectivity index (χ3v) is 2.18. The Labute approximate surface area is 84.5 Å². The van der Waals surface area contributed by atoms with E-state index in [9.17, 15) is 0 Å². The molecule has 2 N–H and O–H groups in total. The van der Waals surface area contributed by atoms with Gasteiger partial charge in [0.05, 0.1) is 0 Å². The molecule has 0 bridgehead atoms. The van der Waals surface area contributed by atoms with Crippen LogP contribution in [0.5, 0.6) is 0 Å². The van der Waals surface area contributed by atoms with E-state index in [0.29, 0.717) is 17.3 Å². The molecule has 0 unspecified atom stereocenters. The molecule has 0 spiro atoms. The number of rotatable bonds is 1. The Morgan fingerprint density at radius 3 is 2.93 bits per heavy atom. The number of nitrogen functional groups attached to an aromatic ring is 1. The minimum absolute atomic E-state index is 0.422. The van der Waals surface area contributed by atoms with Gasteiger partial charge >= 0.3 is 0 Å². The average molecular weight is 201 g/mol. The highest BCUT2D eigenvalue weighted by Gasteiger charge is 2.11. The van der Waals surface area contributed by atoms with Crippen LogP contribution < -0.4 is 5.73 Å². The van der Waals surface area contributed by atoms with Crippen LogP contribution in [0.4, 0.5) is 5.69 Å². The van der Waals surface area contributed by atoms with E-state index in [1.54, 1.807) is 6.07 Å². The fourth-order valence-electron chi connectivity index (χ4n) is 1.47. The van der Waals surface area contributed by atoms with Crippen LogP contribution in [0.3, 0.4) is 0 Å². The first kappa shape index (κ1) is 8.05. The van der Waals surface area contributed by atoms with E-state index < -0.39 is 0 Å². The number of furan rings is 1. The number of nitrogens with two attached hydrogens (primary N) is 1. The highest BCUT2D eigenvalue weighted by molar-refractivity contribution is 5.91. The van der Waals surface area contributed by atoms with Gasteiger partial charge in [0.25, 0.3) is 0 Å². The van der Waals surface area contributed by atoms with Gasteiger partial charge in [-0.15, -0.1) is 0 Å². The molecule has 0 aliphatic carbocycles. The third-order valence-electron chi connectivity index (χ3n) is 2.18. The minimum atomic E-state index is 0.422. The summed E-state index contributed by atoms with van der Waals surface area (Å²) in [5.74, 6) is 0.974. The van der Waals surface area contributed by atoms with Gasteiger partial charge in [-0.05, 0) is 18.2 Å². The maximum absolute atomic E-state index is 5.80. The summed E-state index contributed by atoms with van der Waals surface area (Å²) in [6.45, 7) is 0. The fraction of sp³-hybridized carbons (Fsp3) is 0. The lowest BCUT2D eigenvalue weighted by molar-refractivity contribution is 0.417. The molecule has 0 saturated heterocycles. The van der Waals surface area contributed by atoms with E-state index >= 15 is 0 Å². The van der Waals surface area contributed by atoms with Crippen molar-refractivity contribution < 1.29 is 8.94 Å². The van der Waals surface area contributed by atoms with Gasteiger partial charge in [0.2, 0.25) is 12.2 Å². The molecular weight excluding hydrogens is 194 g/mol. The summed E-state index contributed by atoms with van der Waals surface area (Å²) >= 11 is 0. The monoisotopic (exact) mass is 201 g/mol. The van der Waals surface area contributed by atoms with E-state index in [1.807, 2.05) is 18.2 Å². The normalized spacial score (nSPS) is 10.9. The average Bonchev–Trinajstić information content (AvgIpc) is 2.86. The molecular formula is C10H7N3O2. The lowest BCUT2D eigenvalue weighted by Gasteiger charge is -1.90. The molecule has 0 aliphatic rings. The van der Waals surface area contributed by atoms with Crippen molar-refractivity contribution in [3.8, 4) is 11.6 Å². The zero-order chi connectivity index (χ0) is 10.3. The van der Waals surface area contributed by atoms with Gasteiger partial charge in [0.15, 0.2) is 5.76 Å². The number of fused-ring (bicyclic) bond motifs is 1. The van der Waals surface area contributed by atoms with Crippen LogP contribution in [0, 0.1) is 0 Å². The molecule has 2 heterocycles. The van der Waals surface area contributed by atoms with Crippen LogP contribution in [0.25, 0.3) is 22.6 Å². The van der Waals surface area contributed by atoms with Gasteiger partial charge in [-0.1, -0.05) is 11.2 Å². The zero-order valence-electron chi connectivity index (χ0n) is 7.68. The molecule has 0 radical (unpaired) electrons. The Balaban J connectivity index is 2.27. The lowest BCUT2D eigenvalue weighted by atomic mass is 10.2. The summed E-state index contributed by atoms with van der Waals surface area (Å²) in [6.07, 6.45) is 1.26.